The van der Waals surface area contributed by atoms with E-state index in [1.165, 1.54) is 6.07 Å². The number of aryl methyl sites for hydroxylation is 2. The van der Waals surface area contributed by atoms with E-state index in [1.807, 2.05) is 19.9 Å². The van der Waals surface area contributed by atoms with E-state index < -0.39 is 10.0 Å². The van der Waals surface area contributed by atoms with Gasteiger partial charge in [0.15, 0.2) is 0 Å². The van der Waals surface area contributed by atoms with E-state index in [4.69, 9.17) is 0 Å². The Morgan fingerprint density at radius 1 is 1.09 bits per heavy atom. The Bertz CT molecular complexity index is 1430. The van der Waals surface area contributed by atoms with Gasteiger partial charge in [-0.2, -0.15) is 0 Å². The summed E-state index contributed by atoms with van der Waals surface area (Å²) in [5.74, 6) is 0.451. The minimum atomic E-state index is -3.47. The van der Waals surface area contributed by atoms with Crippen molar-refractivity contribution in [3.63, 3.8) is 0 Å². The third kappa shape index (κ3) is 6.14. The van der Waals surface area contributed by atoms with Gasteiger partial charge in [-0.25, -0.2) is 13.4 Å². The predicted octanol–water partition coefficient (Wildman–Crippen LogP) is 3.03. The van der Waals surface area contributed by atoms with Crippen LogP contribution in [0.25, 0.3) is 22.4 Å². The zero-order valence-corrected chi connectivity index (χ0v) is 20.8. The molecular weight excluding hydrogens is 466 g/mol. The molecule has 0 radical (unpaired) electrons. The highest BCUT2D eigenvalue weighted by atomic mass is 32.2. The van der Waals surface area contributed by atoms with Crippen molar-refractivity contribution in [2.24, 2.45) is 5.92 Å². The second-order valence-electron chi connectivity index (χ2n) is 8.85. The van der Waals surface area contributed by atoms with E-state index in [0.717, 1.165) is 35.1 Å². The summed E-state index contributed by atoms with van der Waals surface area (Å²) < 4.78 is 27.0. The largest absolute Gasteiger partial charge is 0.322 e. The van der Waals surface area contributed by atoms with E-state index in [1.54, 1.807) is 37.5 Å². The molecular formula is C25H29N5O4S. The molecule has 1 amide bonds. The molecule has 2 heterocycles. The number of nitrogens with zero attached hydrogens (tertiary/aromatic N) is 1. The van der Waals surface area contributed by atoms with Crippen LogP contribution in [0.1, 0.15) is 24.0 Å². The van der Waals surface area contributed by atoms with E-state index >= 15 is 0 Å². The molecule has 4 N–H and O–H groups in total. The maximum absolute atomic E-state index is 12.6. The van der Waals surface area contributed by atoms with Gasteiger partial charge >= 0.3 is 0 Å². The van der Waals surface area contributed by atoms with Crippen LogP contribution >= 0.6 is 0 Å². The first-order valence-electron chi connectivity index (χ1n) is 11.4. The molecule has 0 spiro atoms. The molecule has 1 fully saturated rings. The molecule has 0 unspecified atom stereocenters. The molecule has 1 saturated carbocycles. The molecule has 0 aliphatic heterocycles. The molecule has 35 heavy (non-hydrogen) atoms. The summed E-state index contributed by atoms with van der Waals surface area (Å²) in [4.78, 5) is 31.9. The monoisotopic (exact) mass is 495 g/mol. The average molecular weight is 496 g/mol. The van der Waals surface area contributed by atoms with Crippen molar-refractivity contribution in [3.05, 3.63) is 64.1 Å². The summed E-state index contributed by atoms with van der Waals surface area (Å²) in [5.41, 5.74) is 4.73. The first kappa shape index (κ1) is 24.6. The Kier molecular flexibility index (Phi) is 7.04. The summed E-state index contributed by atoms with van der Waals surface area (Å²) in [6.07, 6.45) is 3.48. The van der Waals surface area contributed by atoms with Crippen LogP contribution in [0.2, 0.25) is 0 Å². The topological polar surface area (TPSA) is 133 Å². The highest BCUT2D eigenvalue weighted by Gasteiger charge is 2.29. The highest BCUT2D eigenvalue weighted by molar-refractivity contribution is 7.92. The summed E-state index contributed by atoms with van der Waals surface area (Å²) in [7, 11) is -1.77. The third-order valence-electron chi connectivity index (χ3n) is 5.87. The second-order valence-corrected chi connectivity index (χ2v) is 10.7. The van der Waals surface area contributed by atoms with Gasteiger partial charge in [0, 0.05) is 41.7 Å². The van der Waals surface area contributed by atoms with Crippen LogP contribution in [0, 0.1) is 19.8 Å². The van der Waals surface area contributed by atoms with Crippen molar-refractivity contribution in [1.82, 2.24) is 15.3 Å². The van der Waals surface area contributed by atoms with Crippen LogP contribution in [0.15, 0.2) is 47.4 Å². The number of pyridine rings is 2. The van der Waals surface area contributed by atoms with Gasteiger partial charge in [0.05, 0.1) is 5.75 Å². The van der Waals surface area contributed by atoms with Gasteiger partial charge in [0.2, 0.25) is 21.5 Å². The van der Waals surface area contributed by atoms with E-state index in [2.05, 4.69) is 25.3 Å². The lowest BCUT2D eigenvalue weighted by atomic mass is 9.99. The van der Waals surface area contributed by atoms with Crippen LogP contribution in [-0.4, -0.2) is 43.6 Å². The van der Waals surface area contributed by atoms with Gasteiger partial charge in [0.25, 0.3) is 0 Å². The zero-order valence-electron chi connectivity index (χ0n) is 19.9. The lowest BCUT2D eigenvalue weighted by Gasteiger charge is -2.13. The minimum Gasteiger partial charge on any atom is -0.322 e. The number of hydrogen-bond donors (Lipinski definition) is 4. The summed E-state index contributed by atoms with van der Waals surface area (Å²) in [6.45, 7) is 4.10. The summed E-state index contributed by atoms with van der Waals surface area (Å²) in [5, 5.41) is 5.68. The number of carbonyl (C=O) groups is 1. The number of rotatable bonds is 9. The standard InChI is InChI=1S/C25H29N5O4S/c1-15-10-19(30-35(33,34)9-8-26-3)6-7-20(15)22-11-18(12-24(31)28-22)21-13-23(27-14-16(21)2)29-25(32)17-4-5-17/h6-7,10-14,17,26,30H,4-5,8-9H2,1-3H3,(H,28,31)(H,27,29,32). The number of sulfonamides is 1. The Morgan fingerprint density at radius 2 is 1.86 bits per heavy atom. The quantitative estimate of drug-likeness (QED) is 0.361. The number of benzene rings is 1. The number of hydrogen-bond acceptors (Lipinski definition) is 6. The molecule has 0 saturated heterocycles. The fraction of sp³-hybridized carbons (Fsp3) is 0.320. The fourth-order valence-electron chi connectivity index (χ4n) is 3.82. The van der Waals surface area contributed by atoms with Gasteiger partial charge in [-0.3, -0.25) is 14.3 Å². The summed E-state index contributed by atoms with van der Waals surface area (Å²) >= 11 is 0. The SMILES string of the molecule is CNCCS(=O)(=O)Nc1ccc(-c2cc(-c3cc(NC(=O)C4CC4)ncc3C)cc(=O)[nH]2)c(C)c1. The van der Waals surface area contributed by atoms with Crippen molar-refractivity contribution in [1.29, 1.82) is 0 Å². The van der Waals surface area contributed by atoms with Crippen LogP contribution in [0.4, 0.5) is 11.5 Å². The molecule has 3 aromatic rings. The predicted molar refractivity (Wildman–Crippen MR) is 138 cm³/mol. The number of aromatic amines is 1. The molecule has 0 bridgehead atoms. The molecule has 1 aromatic carbocycles. The highest BCUT2D eigenvalue weighted by Crippen LogP contribution is 2.32. The molecule has 184 valence electrons. The van der Waals surface area contributed by atoms with Crippen LogP contribution in [0.3, 0.4) is 0 Å². The molecule has 2 aromatic heterocycles. The van der Waals surface area contributed by atoms with Crippen molar-refractivity contribution in [3.8, 4) is 22.4 Å². The first-order valence-corrected chi connectivity index (χ1v) is 13.1. The molecule has 0 atom stereocenters. The third-order valence-corrected chi connectivity index (χ3v) is 7.16. The van der Waals surface area contributed by atoms with Gasteiger partial charge in [0.1, 0.15) is 5.82 Å². The molecule has 4 rings (SSSR count). The van der Waals surface area contributed by atoms with Gasteiger partial charge in [-0.1, -0.05) is 6.07 Å². The molecule has 10 heteroatoms. The van der Waals surface area contributed by atoms with Gasteiger partial charge < -0.3 is 15.6 Å². The Labute approximate surface area is 204 Å². The van der Waals surface area contributed by atoms with Crippen molar-refractivity contribution >= 4 is 27.4 Å². The zero-order chi connectivity index (χ0) is 25.2. The molecule has 9 nitrogen and oxygen atoms in total. The van der Waals surface area contributed by atoms with Crippen LogP contribution in [0.5, 0.6) is 0 Å². The van der Waals surface area contributed by atoms with Crippen molar-refractivity contribution < 1.29 is 13.2 Å². The molecule has 1 aliphatic carbocycles. The molecule has 1 aliphatic rings. The van der Waals surface area contributed by atoms with Gasteiger partial charge in [-0.15, -0.1) is 0 Å². The number of aromatic nitrogens is 2. The lowest BCUT2D eigenvalue weighted by Crippen LogP contribution is -2.24. The van der Waals surface area contributed by atoms with Crippen LogP contribution < -0.4 is 20.9 Å². The van der Waals surface area contributed by atoms with Crippen molar-refractivity contribution in [2.75, 3.05) is 29.4 Å². The van der Waals surface area contributed by atoms with E-state index in [9.17, 15) is 18.0 Å². The maximum Gasteiger partial charge on any atom is 0.249 e. The maximum atomic E-state index is 12.6. The lowest BCUT2D eigenvalue weighted by molar-refractivity contribution is -0.117. The second kappa shape index (κ2) is 10.0. The number of carbonyl (C=O) groups excluding carboxylic acids is 1. The number of nitrogens with one attached hydrogen (secondary N) is 4. The van der Waals surface area contributed by atoms with Gasteiger partial charge in [-0.05, 0) is 80.3 Å². The Balaban J connectivity index is 1.64. The van der Waals surface area contributed by atoms with E-state index in [0.29, 0.717) is 29.3 Å². The van der Waals surface area contributed by atoms with Crippen molar-refractivity contribution in [2.45, 2.75) is 26.7 Å². The Morgan fingerprint density at radius 3 is 2.54 bits per heavy atom. The fourth-order valence-corrected chi connectivity index (χ4v) is 4.88. The normalized spacial score (nSPS) is 13.5. The summed E-state index contributed by atoms with van der Waals surface area (Å²) in [6, 6.07) is 10.4. The number of H-pyrrole nitrogens is 1. The van der Waals surface area contributed by atoms with Crippen LogP contribution in [-0.2, 0) is 14.8 Å². The number of amides is 1. The Hall–Kier alpha value is -3.50. The minimum absolute atomic E-state index is 0.0313. The van der Waals surface area contributed by atoms with E-state index in [-0.39, 0.29) is 23.1 Å². The first-order chi connectivity index (χ1) is 16.6. The number of anilines is 2. The smallest absolute Gasteiger partial charge is 0.249 e. The average Bonchev–Trinajstić information content (AvgIpc) is 3.64.